The molecule has 1 rings (SSSR count). The fourth-order valence-corrected chi connectivity index (χ4v) is 2.25. The van der Waals surface area contributed by atoms with Gasteiger partial charge in [0.2, 0.25) is 0 Å². The first-order chi connectivity index (χ1) is 6.23. The lowest BCUT2D eigenvalue weighted by atomic mass is 9.72. The van der Waals surface area contributed by atoms with Crippen LogP contribution in [-0.2, 0) is 0 Å². The number of terminal acetylenes is 1. The molecule has 0 aromatic carbocycles. The van der Waals surface area contributed by atoms with Gasteiger partial charge in [-0.25, -0.2) is 0 Å². The Kier molecular flexibility index (Phi) is 3.57. The number of hydrogen-bond acceptors (Lipinski definition) is 1. The van der Waals surface area contributed by atoms with Crippen molar-refractivity contribution in [2.45, 2.75) is 44.1 Å². The molecule has 0 amide bonds. The lowest BCUT2D eigenvalue weighted by molar-refractivity contribution is -0.0435. The molecule has 72 valence electrons. The Morgan fingerprint density at radius 1 is 1.62 bits per heavy atom. The molecular weight excluding hydrogens is 160 g/mol. The van der Waals surface area contributed by atoms with E-state index in [-0.39, 0.29) is 5.92 Å². The zero-order valence-corrected chi connectivity index (χ0v) is 8.13. The molecular formula is C12H18O. The van der Waals surface area contributed by atoms with E-state index in [0.717, 1.165) is 19.3 Å². The van der Waals surface area contributed by atoms with Crippen LogP contribution in [0.4, 0.5) is 0 Å². The molecule has 0 aromatic rings. The first-order valence-corrected chi connectivity index (χ1v) is 4.99. The van der Waals surface area contributed by atoms with Gasteiger partial charge in [-0.05, 0) is 25.2 Å². The molecule has 1 saturated carbocycles. The molecule has 0 aromatic heterocycles. The third kappa shape index (κ3) is 2.35. The van der Waals surface area contributed by atoms with Crippen molar-refractivity contribution in [3.63, 3.8) is 0 Å². The quantitative estimate of drug-likeness (QED) is 0.520. The topological polar surface area (TPSA) is 20.2 Å². The summed E-state index contributed by atoms with van der Waals surface area (Å²) in [6, 6.07) is 0. The summed E-state index contributed by atoms with van der Waals surface area (Å²) in [6.45, 7) is 3.68. The number of rotatable bonds is 3. The van der Waals surface area contributed by atoms with Crippen molar-refractivity contribution in [2.24, 2.45) is 5.92 Å². The minimum atomic E-state index is -0.563. The molecule has 1 heteroatoms. The van der Waals surface area contributed by atoms with E-state index in [0.29, 0.717) is 12.8 Å². The van der Waals surface area contributed by atoms with Crippen LogP contribution in [0.3, 0.4) is 0 Å². The van der Waals surface area contributed by atoms with Gasteiger partial charge in [-0.2, -0.15) is 0 Å². The van der Waals surface area contributed by atoms with E-state index < -0.39 is 5.60 Å². The van der Waals surface area contributed by atoms with Gasteiger partial charge in [0.15, 0.2) is 0 Å². The Balaban J connectivity index is 2.65. The Bertz CT molecular complexity index is 214. The van der Waals surface area contributed by atoms with Gasteiger partial charge in [0.25, 0.3) is 0 Å². The molecule has 1 N–H and O–H groups in total. The van der Waals surface area contributed by atoms with Crippen molar-refractivity contribution in [2.75, 3.05) is 0 Å². The molecule has 2 atom stereocenters. The van der Waals surface area contributed by atoms with Gasteiger partial charge < -0.3 is 5.11 Å². The van der Waals surface area contributed by atoms with E-state index in [4.69, 9.17) is 6.42 Å². The van der Waals surface area contributed by atoms with Crippen LogP contribution < -0.4 is 0 Å². The van der Waals surface area contributed by atoms with E-state index in [2.05, 4.69) is 12.5 Å². The van der Waals surface area contributed by atoms with E-state index in [1.807, 2.05) is 0 Å². The maximum Gasteiger partial charge on any atom is 0.0719 e. The normalized spacial score (nSPS) is 33.7. The molecule has 0 unspecified atom stereocenters. The van der Waals surface area contributed by atoms with Crippen LogP contribution >= 0.6 is 0 Å². The van der Waals surface area contributed by atoms with Gasteiger partial charge in [0.05, 0.1) is 5.60 Å². The number of hydrogen-bond donors (Lipinski definition) is 1. The van der Waals surface area contributed by atoms with Crippen molar-refractivity contribution in [1.82, 2.24) is 0 Å². The fraction of sp³-hybridized carbons (Fsp3) is 0.667. The monoisotopic (exact) mass is 178 g/mol. The summed E-state index contributed by atoms with van der Waals surface area (Å²) in [5.41, 5.74) is -0.563. The van der Waals surface area contributed by atoms with Crippen LogP contribution in [0.5, 0.6) is 0 Å². The molecule has 0 spiro atoms. The molecule has 0 heterocycles. The molecule has 0 radical (unpaired) electrons. The maximum atomic E-state index is 10.3. The zero-order chi connectivity index (χ0) is 9.73. The minimum absolute atomic E-state index is 0.282. The van der Waals surface area contributed by atoms with E-state index in [9.17, 15) is 5.11 Å². The fourth-order valence-electron chi connectivity index (χ4n) is 2.25. The van der Waals surface area contributed by atoms with Crippen molar-refractivity contribution in [1.29, 1.82) is 0 Å². The third-order valence-corrected chi connectivity index (χ3v) is 3.03. The lowest BCUT2D eigenvalue weighted by Crippen LogP contribution is -2.40. The molecule has 1 aliphatic carbocycles. The van der Waals surface area contributed by atoms with E-state index in [1.165, 1.54) is 6.42 Å². The average molecular weight is 178 g/mol. The third-order valence-electron chi connectivity index (χ3n) is 3.03. The Morgan fingerprint density at radius 3 is 3.00 bits per heavy atom. The van der Waals surface area contributed by atoms with Gasteiger partial charge >= 0.3 is 0 Å². The summed E-state index contributed by atoms with van der Waals surface area (Å²) in [5.74, 6) is 2.94. The SMILES string of the molecule is C#CC[C@@H]1CCCC[C@]1(O)CC=C. The van der Waals surface area contributed by atoms with Gasteiger partial charge in [0, 0.05) is 6.42 Å². The molecule has 0 saturated heterocycles. The van der Waals surface area contributed by atoms with Crippen molar-refractivity contribution in [3.8, 4) is 12.3 Å². The smallest absolute Gasteiger partial charge is 0.0719 e. The lowest BCUT2D eigenvalue weighted by Gasteiger charge is -2.38. The highest BCUT2D eigenvalue weighted by Crippen LogP contribution is 2.38. The second-order valence-electron chi connectivity index (χ2n) is 3.95. The van der Waals surface area contributed by atoms with Crippen LogP contribution in [0, 0.1) is 18.3 Å². The van der Waals surface area contributed by atoms with Crippen LogP contribution in [0.1, 0.15) is 38.5 Å². The maximum absolute atomic E-state index is 10.3. The van der Waals surface area contributed by atoms with Gasteiger partial charge in [-0.3, -0.25) is 0 Å². The van der Waals surface area contributed by atoms with Crippen LogP contribution in [0.2, 0.25) is 0 Å². The first-order valence-electron chi connectivity index (χ1n) is 4.99. The molecule has 1 aliphatic rings. The predicted octanol–water partition coefficient (Wildman–Crippen LogP) is 2.51. The summed E-state index contributed by atoms with van der Waals surface area (Å²) in [4.78, 5) is 0. The highest BCUT2D eigenvalue weighted by Gasteiger charge is 2.36. The summed E-state index contributed by atoms with van der Waals surface area (Å²) >= 11 is 0. The zero-order valence-electron chi connectivity index (χ0n) is 8.13. The van der Waals surface area contributed by atoms with Gasteiger partial charge in [0.1, 0.15) is 0 Å². The summed E-state index contributed by atoms with van der Waals surface area (Å²) in [6.07, 6.45) is 12.7. The van der Waals surface area contributed by atoms with Crippen molar-refractivity contribution in [3.05, 3.63) is 12.7 Å². The Hall–Kier alpha value is -0.740. The molecule has 0 bridgehead atoms. The summed E-state index contributed by atoms with van der Waals surface area (Å²) in [7, 11) is 0. The minimum Gasteiger partial charge on any atom is -0.389 e. The molecule has 13 heavy (non-hydrogen) atoms. The standard InChI is InChI=1S/C12H18O/c1-3-7-11-8-5-6-10-12(11,13)9-4-2/h1,4,11,13H,2,5-10H2/t11-,12-/m1/s1. The van der Waals surface area contributed by atoms with Gasteiger partial charge in [-0.1, -0.05) is 18.9 Å². The molecule has 1 nitrogen and oxygen atoms in total. The summed E-state index contributed by atoms with van der Waals surface area (Å²) < 4.78 is 0. The highest BCUT2D eigenvalue weighted by atomic mass is 16.3. The highest BCUT2D eigenvalue weighted by molar-refractivity contribution is 5.00. The molecule has 0 aliphatic heterocycles. The first kappa shape index (κ1) is 10.3. The largest absolute Gasteiger partial charge is 0.389 e. The van der Waals surface area contributed by atoms with E-state index >= 15 is 0 Å². The number of aliphatic hydroxyl groups is 1. The van der Waals surface area contributed by atoms with Crippen molar-refractivity contribution < 1.29 is 5.11 Å². The summed E-state index contributed by atoms with van der Waals surface area (Å²) in [5, 5.41) is 10.3. The van der Waals surface area contributed by atoms with Crippen LogP contribution in [0.25, 0.3) is 0 Å². The average Bonchev–Trinajstić information content (AvgIpc) is 2.10. The van der Waals surface area contributed by atoms with E-state index in [1.54, 1.807) is 6.08 Å². The van der Waals surface area contributed by atoms with Crippen LogP contribution in [-0.4, -0.2) is 10.7 Å². The predicted molar refractivity (Wildman–Crippen MR) is 55.2 cm³/mol. The van der Waals surface area contributed by atoms with Gasteiger partial charge in [-0.15, -0.1) is 18.9 Å². The Morgan fingerprint density at radius 2 is 2.38 bits per heavy atom. The van der Waals surface area contributed by atoms with Crippen molar-refractivity contribution >= 4 is 0 Å². The molecule has 1 fully saturated rings. The second kappa shape index (κ2) is 4.48. The van der Waals surface area contributed by atoms with Crippen LogP contribution in [0.15, 0.2) is 12.7 Å². The Labute approximate surface area is 80.9 Å². The second-order valence-corrected chi connectivity index (χ2v) is 3.95.